The third-order valence-electron chi connectivity index (χ3n) is 2.08. The van der Waals surface area contributed by atoms with Gasteiger partial charge in [0, 0.05) is 0 Å². The second-order valence-corrected chi connectivity index (χ2v) is 4.77. The molecule has 8 nitrogen and oxygen atoms in total. The Labute approximate surface area is 99.1 Å². The molecule has 3 unspecified atom stereocenters. The maximum atomic E-state index is 11.2. The number of carbonyl (C=O) groups is 1. The van der Waals surface area contributed by atoms with Crippen molar-refractivity contribution >= 4 is 13.6 Å². The number of rotatable bonds is 6. The SMILES string of the molecule is C.CC(O)C(C)(O)C(O)C(=O)COP(=O)(O)O. The van der Waals surface area contributed by atoms with E-state index in [1.165, 1.54) is 0 Å². The number of hydrogen-bond acceptors (Lipinski definition) is 6. The minimum Gasteiger partial charge on any atom is -0.390 e. The van der Waals surface area contributed by atoms with Gasteiger partial charge in [-0.2, -0.15) is 0 Å². The minimum atomic E-state index is -4.81. The number of phosphoric acid groups is 1. The van der Waals surface area contributed by atoms with Gasteiger partial charge in [0.2, 0.25) is 0 Å². The Morgan fingerprint density at radius 1 is 1.41 bits per heavy atom. The van der Waals surface area contributed by atoms with Crippen molar-refractivity contribution in [2.24, 2.45) is 0 Å². The second kappa shape index (κ2) is 6.55. The van der Waals surface area contributed by atoms with Crippen LogP contribution >= 0.6 is 7.82 Å². The Morgan fingerprint density at radius 3 is 2.12 bits per heavy atom. The lowest BCUT2D eigenvalue weighted by molar-refractivity contribution is -0.158. The molecular formula is C8H19O8P. The van der Waals surface area contributed by atoms with Crippen LogP contribution in [0.15, 0.2) is 0 Å². The van der Waals surface area contributed by atoms with E-state index in [9.17, 15) is 19.6 Å². The van der Waals surface area contributed by atoms with Gasteiger partial charge in [0.05, 0.1) is 6.10 Å². The van der Waals surface area contributed by atoms with Gasteiger partial charge in [-0.15, -0.1) is 0 Å². The monoisotopic (exact) mass is 274 g/mol. The highest BCUT2D eigenvalue weighted by atomic mass is 31.2. The molecule has 0 aliphatic heterocycles. The molecule has 0 amide bonds. The van der Waals surface area contributed by atoms with Gasteiger partial charge in [0.1, 0.15) is 18.3 Å². The van der Waals surface area contributed by atoms with Gasteiger partial charge in [0.15, 0.2) is 5.78 Å². The van der Waals surface area contributed by atoms with Gasteiger partial charge in [-0.1, -0.05) is 7.43 Å². The van der Waals surface area contributed by atoms with Crippen molar-refractivity contribution in [3.05, 3.63) is 0 Å². The molecule has 0 aromatic rings. The maximum absolute atomic E-state index is 11.2. The fourth-order valence-electron chi connectivity index (χ4n) is 0.781. The number of hydrogen-bond donors (Lipinski definition) is 5. The number of carbonyl (C=O) groups excluding carboxylic acids is 1. The molecule has 104 valence electrons. The second-order valence-electron chi connectivity index (χ2n) is 3.53. The van der Waals surface area contributed by atoms with Crippen LogP contribution < -0.4 is 0 Å². The first-order chi connectivity index (χ1) is 6.98. The van der Waals surface area contributed by atoms with Crippen LogP contribution in [0.1, 0.15) is 21.3 Å². The molecule has 0 radical (unpaired) electrons. The molecule has 0 fully saturated rings. The van der Waals surface area contributed by atoms with Crippen LogP contribution in [0, 0.1) is 0 Å². The fraction of sp³-hybridized carbons (Fsp3) is 0.875. The van der Waals surface area contributed by atoms with Crippen molar-refractivity contribution in [3.8, 4) is 0 Å². The highest BCUT2D eigenvalue weighted by Gasteiger charge is 2.40. The zero-order chi connectivity index (χ0) is 13.1. The predicted molar refractivity (Wildman–Crippen MR) is 58.0 cm³/mol. The summed E-state index contributed by atoms with van der Waals surface area (Å²) < 4.78 is 14.1. The highest BCUT2D eigenvalue weighted by molar-refractivity contribution is 7.46. The van der Waals surface area contributed by atoms with Gasteiger partial charge in [-0.3, -0.25) is 9.32 Å². The molecule has 0 aliphatic carbocycles. The van der Waals surface area contributed by atoms with Crippen molar-refractivity contribution in [2.75, 3.05) is 6.61 Å². The molecule has 0 bridgehead atoms. The summed E-state index contributed by atoms with van der Waals surface area (Å²) in [5, 5.41) is 27.9. The maximum Gasteiger partial charge on any atom is 0.470 e. The molecule has 0 heterocycles. The molecule has 17 heavy (non-hydrogen) atoms. The van der Waals surface area contributed by atoms with E-state index in [0.717, 1.165) is 13.8 Å². The average Bonchev–Trinajstić information content (AvgIpc) is 2.11. The lowest BCUT2D eigenvalue weighted by Gasteiger charge is -2.30. The van der Waals surface area contributed by atoms with Crippen LogP contribution in [0.4, 0.5) is 0 Å². The lowest BCUT2D eigenvalue weighted by Crippen LogP contribution is -2.52. The molecule has 0 aromatic carbocycles. The molecule has 5 N–H and O–H groups in total. The first kappa shape index (κ1) is 19.0. The summed E-state index contributed by atoms with van der Waals surface area (Å²) in [6.07, 6.45) is -3.40. The van der Waals surface area contributed by atoms with Crippen molar-refractivity contribution in [1.82, 2.24) is 0 Å². The van der Waals surface area contributed by atoms with Crippen molar-refractivity contribution in [1.29, 1.82) is 0 Å². The summed E-state index contributed by atoms with van der Waals surface area (Å²) in [7, 11) is -4.81. The number of ketones is 1. The van der Waals surface area contributed by atoms with Crippen molar-refractivity contribution in [3.63, 3.8) is 0 Å². The van der Waals surface area contributed by atoms with Gasteiger partial charge in [0.25, 0.3) is 0 Å². The largest absolute Gasteiger partial charge is 0.470 e. The Bertz CT molecular complexity index is 294. The first-order valence-electron chi connectivity index (χ1n) is 4.29. The van der Waals surface area contributed by atoms with Gasteiger partial charge in [-0.05, 0) is 13.8 Å². The molecule has 0 rings (SSSR count). The molecule has 9 heteroatoms. The fourth-order valence-corrected chi connectivity index (χ4v) is 1.08. The van der Waals surface area contributed by atoms with Crippen LogP contribution in [-0.4, -0.2) is 55.3 Å². The van der Waals surface area contributed by atoms with E-state index in [1.807, 2.05) is 0 Å². The Balaban J connectivity index is 0. The van der Waals surface area contributed by atoms with E-state index in [2.05, 4.69) is 4.52 Å². The number of phosphoric ester groups is 1. The van der Waals surface area contributed by atoms with E-state index < -0.39 is 38.0 Å². The molecular weight excluding hydrogens is 255 g/mol. The van der Waals surface area contributed by atoms with Gasteiger partial charge >= 0.3 is 7.82 Å². The smallest absolute Gasteiger partial charge is 0.390 e. The average molecular weight is 274 g/mol. The predicted octanol–water partition coefficient (Wildman–Crippen LogP) is -1.21. The van der Waals surface area contributed by atoms with E-state index in [0.29, 0.717) is 0 Å². The van der Waals surface area contributed by atoms with E-state index in [1.54, 1.807) is 0 Å². The quantitative estimate of drug-likeness (QED) is 0.379. The number of Topliss-reactive ketones (excluding diaryl/α,β-unsaturated/α-hetero) is 1. The zero-order valence-electron chi connectivity index (χ0n) is 8.77. The Hall–Kier alpha value is -0.340. The van der Waals surface area contributed by atoms with Gasteiger partial charge in [-0.25, -0.2) is 4.57 Å². The van der Waals surface area contributed by atoms with Gasteiger partial charge < -0.3 is 25.1 Å². The summed E-state index contributed by atoms with van der Waals surface area (Å²) in [4.78, 5) is 27.8. The molecule has 0 aromatic heterocycles. The van der Waals surface area contributed by atoms with Crippen LogP contribution in [-0.2, 0) is 13.9 Å². The highest BCUT2D eigenvalue weighted by Crippen LogP contribution is 2.35. The summed E-state index contributed by atoms with van der Waals surface area (Å²) >= 11 is 0. The minimum absolute atomic E-state index is 0. The summed E-state index contributed by atoms with van der Waals surface area (Å²) in [5.41, 5.74) is -2.12. The molecule has 0 aliphatic rings. The molecule has 0 spiro atoms. The topological polar surface area (TPSA) is 145 Å². The molecule has 3 atom stereocenters. The Kier molecular flexibility index (Phi) is 7.33. The summed E-state index contributed by atoms with van der Waals surface area (Å²) in [6.45, 7) is 1.10. The Morgan fingerprint density at radius 2 is 1.82 bits per heavy atom. The lowest BCUT2D eigenvalue weighted by atomic mass is 9.91. The summed E-state index contributed by atoms with van der Waals surface area (Å²) in [6, 6.07) is 0. The third-order valence-corrected chi connectivity index (χ3v) is 2.54. The van der Waals surface area contributed by atoms with Crippen molar-refractivity contribution in [2.45, 2.75) is 39.1 Å². The van der Waals surface area contributed by atoms with Crippen LogP contribution in [0.25, 0.3) is 0 Å². The summed E-state index contributed by atoms with van der Waals surface area (Å²) in [5.74, 6) is -1.14. The first-order valence-corrected chi connectivity index (χ1v) is 5.83. The van der Waals surface area contributed by atoms with Crippen LogP contribution in [0.5, 0.6) is 0 Å². The van der Waals surface area contributed by atoms with Crippen LogP contribution in [0.3, 0.4) is 0 Å². The zero-order valence-corrected chi connectivity index (χ0v) is 9.66. The molecule has 0 saturated heterocycles. The van der Waals surface area contributed by atoms with E-state index >= 15 is 0 Å². The number of aliphatic hydroxyl groups is 3. The van der Waals surface area contributed by atoms with E-state index in [4.69, 9.17) is 14.9 Å². The number of aliphatic hydroxyl groups excluding tert-OH is 2. The van der Waals surface area contributed by atoms with E-state index in [-0.39, 0.29) is 7.43 Å². The van der Waals surface area contributed by atoms with Crippen LogP contribution in [0.2, 0.25) is 0 Å². The standard InChI is InChI=1S/C7H15O8P.CH4/c1-4(8)7(2,11)6(10)5(9)3-15-16(12,13)14;/h4,6,8,10-11H,3H2,1-2H3,(H2,12,13,14);1H4. The normalized spacial score (nSPS) is 18.8. The molecule has 0 saturated carbocycles. The van der Waals surface area contributed by atoms with Crippen molar-refractivity contribution < 1.29 is 39.0 Å². The third kappa shape index (κ3) is 6.23.